The predicted molar refractivity (Wildman–Crippen MR) is 82.4 cm³/mol. The van der Waals surface area contributed by atoms with Gasteiger partial charge < -0.3 is 9.30 Å². The summed E-state index contributed by atoms with van der Waals surface area (Å²) in [5, 5.41) is 0. The van der Waals surface area contributed by atoms with Crippen molar-refractivity contribution in [1.29, 1.82) is 0 Å². The largest absolute Gasteiger partial charge is 0.497 e. The Morgan fingerprint density at radius 2 is 2.10 bits per heavy atom. The van der Waals surface area contributed by atoms with Gasteiger partial charge in [0.05, 0.1) is 19.2 Å². The smallest absolute Gasteiger partial charge is 0.244 e. The van der Waals surface area contributed by atoms with Gasteiger partial charge in [-0.15, -0.1) is 0 Å². The molecule has 0 saturated heterocycles. The monoisotopic (exact) mass is 285 g/mol. The Balaban J connectivity index is 1.88. The number of aromatic nitrogens is 1. The summed E-state index contributed by atoms with van der Waals surface area (Å²) in [5.41, 5.74) is 7.87. The second-order valence-electron chi connectivity index (χ2n) is 4.67. The molecule has 0 aliphatic heterocycles. The molecular formula is C16H19N3O2. The van der Waals surface area contributed by atoms with Crippen molar-refractivity contribution in [3.63, 3.8) is 0 Å². The number of nitrogens with zero attached hydrogens (tertiary/aromatic N) is 1. The maximum Gasteiger partial charge on any atom is 0.244 e. The van der Waals surface area contributed by atoms with E-state index in [9.17, 15) is 4.79 Å². The zero-order valence-electron chi connectivity index (χ0n) is 12.2. The van der Waals surface area contributed by atoms with Crippen molar-refractivity contribution in [3.05, 3.63) is 60.4 Å². The Kier molecular flexibility index (Phi) is 4.66. The van der Waals surface area contributed by atoms with Gasteiger partial charge in [-0.25, -0.2) is 0 Å². The summed E-state index contributed by atoms with van der Waals surface area (Å²) in [7, 11) is 3.52. The standard InChI is InChI=1S/C16H19N3O2/c1-12(13-6-4-8-15(10-13)21-3)17-18-16(20)11-14-7-5-9-19(14)2/h4-10,17H,1,11H2,2-3H3,(H,18,20). The minimum absolute atomic E-state index is 0.124. The summed E-state index contributed by atoms with van der Waals surface area (Å²) in [6.07, 6.45) is 2.22. The van der Waals surface area contributed by atoms with E-state index in [4.69, 9.17) is 4.74 Å². The lowest BCUT2D eigenvalue weighted by atomic mass is 10.2. The van der Waals surface area contributed by atoms with Gasteiger partial charge in [0, 0.05) is 24.5 Å². The molecule has 1 aromatic carbocycles. The number of hydrogen-bond acceptors (Lipinski definition) is 3. The number of aryl methyl sites for hydroxylation is 1. The molecule has 0 saturated carbocycles. The van der Waals surface area contributed by atoms with Crippen LogP contribution in [-0.4, -0.2) is 17.6 Å². The molecule has 2 rings (SSSR count). The minimum atomic E-state index is -0.124. The molecule has 110 valence electrons. The van der Waals surface area contributed by atoms with E-state index in [2.05, 4.69) is 17.4 Å². The zero-order valence-corrected chi connectivity index (χ0v) is 12.2. The van der Waals surface area contributed by atoms with Crippen molar-refractivity contribution in [1.82, 2.24) is 15.4 Å². The fourth-order valence-electron chi connectivity index (χ4n) is 1.92. The molecule has 0 unspecified atom stereocenters. The normalized spacial score (nSPS) is 10.0. The molecule has 0 aliphatic carbocycles. The third-order valence-electron chi connectivity index (χ3n) is 3.16. The highest BCUT2D eigenvalue weighted by atomic mass is 16.5. The predicted octanol–water partition coefficient (Wildman–Crippen LogP) is 1.87. The maximum atomic E-state index is 11.9. The second-order valence-corrected chi connectivity index (χ2v) is 4.67. The average molecular weight is 285 g/mol. The summed E-state index contributed by atoms with van der Waals surface area (Å²) in [4.78, 5) is 11.9. The van der Waals surface area contributed by atoms with Gasteiger partial charge in [0.2, 0.25) is 5.91 Å². The number of hydrogen-bond donors (Lipinski definition) is 2. The van der Waals surface area contributed by atoms with Crippen molar-refractivity contribution < 1.29 is 9.53 Å². The molecular weight excluding hydrogens is 266 g/mol. The summed E-state index contributed by atoms with van der Waals surface area (Å²) < 4.78 is 7.07. The molecule has 1 heterocycles. The number of ether oxygens (including phenoxy) is 1. The average Bonchev–Trinajstić information content (AvgIpc) is 2.90. The van der Waals surface area contributed by atoms with Crippen LogP contribution in [0.25, 0.3) is 5.70 Å². The van der Waals surface area contributed by atoms with Gasteiger partial charge in [-0.3, -0.25) is 15.6 Å². The van der Waals surface area contributed by atoms with E-state index < -0.39 is 0 Å². The van der Waals surface area contributed by atoms with Crippen molar-refractivity contribution in [2.24, 2.45) is 7.05 Å². The lowest BCUT2D eigenvalue weighted by Gasteiger charge is -2.12. The lowest BCUT2D eigenvalue weighted by molar-refractivity contribution is -0.121. The van der Waals surface area contributed by atoms with Gasteiger partial charge in [0.25, 0.3) is 0 Å². The quantitative estimate of drug-likeness (QED) is 0.797. The SMILES string of the molecule is C=C(NNC(=O)Cc1cccn1C)c1cccc(OC)c1. The van der Waals surface area contributed by atoms with Crippen LogP contribution in [0.1, 0.15) is 11.3 Å². The Bertz CT molecular complexity index is 646. The number of hydrazine groups is 1. The van der Waals surface area contributed by atoms with E-state index in [0.717, 1.165) is 17.0 Å². The molecule has 0 bridgehead atoms. The number of nitrogens with one attached hydrogen (secondary N) is 2. The number of benzene rings is 1. The summed E-state index contributed by atoms with van der Waals surface area (Å²) in [6, 6.07) is 11.3. The Labute approximate surface area is 124 Å². The Morgan fingerprint density at radius 3 is 2.76 bits per heavy atom. The summed E-state index contributed by atoms with van der Waals surface area (Å²) in [6.45, 7) is 3.90. The second kappa shape index (κ2) is 6.65. The van der Waals surface area contributed by atoms with Crippen molar-refractivity contribution >= 4 is 11.6 Å². The van der Waals surface area contributed by atoms with E-state index in [1.165, 1.54) is 0 Å². The van der Waals surface area contributed by atoms with Gasteiger partial charge in [0.1, 0.15) is 5.75 Å². The summed E-state index contributed by atoms with van der Waals surface area (Å²) in [5.74, 6) is 0.617. The van der Waals surface area contributed by atoms with Gasteiger partial charge in [0.15, 0.2) is 0 Å². The van der Waals surface area contributed by atoms with Crippen molar-refractivity contribution in [3.8, 4) is 5.75 Å². The summed E-state index contributed by atoms with van der Waals surface area (Å²) >= 11 is 0. The highest BCUT2D eigenvalue weighted by Gasteiger charge is 2.06. The number of rotatable bonds is 6. The van der Waals surface area contributed by atoms with Crippen molar-refractivity contribution in [2.75, 3.05) is 7.11 Å². The number of methoxy groups -OCH3 is 1. The molecule has 21 heavy (non-hydrogen) atoms. The molecule has 1 aromatic heterocycles. The molecule has 2 N–H and O–H groups in total. The van der Waals surface area contributed by atoms with Crippen LogP contribution < -0.4 is 15.6 Å². The van der Waals surface area contributed by atoms with E-state index in [1.54, 1.807) is 7.11 Å². The van der Waals surface area contributed by atoms with Crippen LogP contribution in [0.5, 0.6) is 5.75 Å². The molecule has 0 aliphatic rings. The van der Waals surface area contributed by atoms with Crippen LogP contribution in [0.15, 0.2) is 49.2 Å². The van der Waals surface area contributed by atoms with E-state index in [-0.39, 0.29) is 5.91 Å². The van der Waals surface area contributed by atoms with E-state index in [1.807, 2.05) is 54.2 Å². The first kappa shape index (κ1) is 14.7. The highest BCUT2D eigenvalue weighted by molar-refractivity contribution is 5.79. The third-order valence-corrected chi connectivity index (χ3v) is 3.16. The minimum Gasteiger partial charge on any atom is -0.497 e. The maximum absolute atomic E-state index is 11.9. The number of amides is 1. The van der Waals surface area contributed by atoms with Crippen molar-refractivity contribution in [2.45, 2.75) is 6.42 Å². The highest BCUT2D eigenvalue weighted by Crippen LogP contribution is 2.16. The zero-order chi connectivity index (χ0) is 15.2. The third kappa shape index (κ3) is 3.89. The van der Waals surface area contributed by atoms with Gasteiger partial charge in [-0.05, 0) is 24.3 Å². The molecule has 0 radical (unpaired) electrons. The molecule has 0 spiro atoms. The number of carbonyl (C=O) groups is 1. The van der Waals surface area contributed by atoms with E-state index >= 15 is 0 Å². The molecule has 0 fully saturated rings. The number of carbonyl (C=O) groups excluding carboxylic acids is 1. The van der Waals surface area contributed by atoms with Gasteiger partial charge in [-0.1, -0.05) is 18.7 Å². The molecule has 2 aromatic rings. The van der Waals surface area contributed by atoms with Crippen LogP contribution in [0.4, 0.5) is 0 Å². The first-order valence-corrected chi connectivity index (χ1v) is 6.58. The van der Waals surface area contributed by atoms with Crippen LogP contribution in [0.3, 0.4) is 0 Å². The Morgan fingerprint density at radius 1 is 1.29 bits per heavy atom. The van der Waals surface area contributed by atoms with E-state index in [0.29, 0.717) is 12.1 Å². The van der Waals surface area contributed by atoms with Crippen LogP contribution in [0, 0.1) is 0 Å². The topological polar surface area (TPSA) is 55.3 Å². The first-order chi connectivity index (χ1) is 10.1. The first-order valence-electron chi connectivity index (χ1n) is 6.58. The van der Waals surface area contributed by atoms with Crippen LogP contribution >= 0.6 is 0 Å². The van der Waals surface area contributed by atoms with Gasteiger partial charge in [-0.2, -0.15) is 0 Å². The molecule has 0 atom stereocenters. The lowest BCUT2D eigenvalue weighted by Crippen LogP contribution is -2.37. The van der Waals surface area contributed by atoms with Crippen LogP contribution in [-0.2, 0) is 18.3 Å². The molecule has 5 heteroatoms. The molecule has 5 nitrogen and oxygen atoms in total. The Hall–Kier alpha value is -2.69. The van der Waals surface area contributed by atoms with Gasteiger partial charge >= 0.3 is 0 Å². The fraction of sp³-hybridized carbons (Fsp3) is 0.188. The van der Waals surface area contributed by atoms with Crippen LogP contribution in [0.2, 0.25) is 0 Å². The fourth-order valence-corrected chi connectivity index (χ4v) is 1.92. The molecule has 1 amide bonds.